The Balaban J connectivity index is 2.85. The Morgan fingerprint density at radius 2 is 2.12 bits per heavy atom. The molecule has 0 spiro atoms. The van der Waals surface area contributed by atoms with Gasteiger partial charge in [-0.05, 0) is 30.5 Å². The fourth-order valence-electron chi connectivity index (χ4n) is 1.63. The van der Waals surface area contributed by atoms with Gasteiger partial charge in [-0.15, -0.1) is 0 Å². The van der Waals surface area contributed by atoms with Gasteiger partial charge in [-0.2, -0.15) is 0 Å². The normalized spacial score (nSPS) is 11.9. The summed E-state index contributed by atoms with van der Waals surface area (Å²) >= 11 is 0. The second-order valence-corrected chi connectivity index (χ2v) is 3.98. The van der Waals surface area contributed by atoms with E-state index in [0.29, 0.717) is 12.1 Å². The first-order valence-corrected chi connectivity index (χ1v) is 5.64. The molecule has 1 unspecified atom stereocenters. The summed E-state index contributed by atoms with van der Waals surface area (Å²) in [5.41, 5.74) is 1.44. The van der Waals surface area contributed by atoms with Crippen molar-refractivity contribution in [3.63, 3.8) is 0 Å². The van der Waals surface area contributed by atoms with E-state index in [0.717, 1.165) is 5.56 Å². The lowest BCUT2D eigenvalue weighted by Gasteiger charge is -2.10. The van der Waals surface area contributed by atoms with Crippen molar-refractivity contribution in [2.24, 2.45) is 0 Å². The van der Waals surface area contributed by atoms with Crippen LogP contribution in [0.2, 0.25) is 0 Å². The monoisotopic (exact) mass is 235 g/mol. The highest BCUT2D eigenvalue weighted by molar-refractivity contribution is 5.94. The zero-order valence-electron chi connectivity index (χ0n) is 10.1. The summed E-state index contributed by atoms with van der Waals surface area (Å²) in [6.07, 6.45) is 0.0683. The van der Waals surface area contributed by atoms with Crippen molar-refractivity contribution in [1.82, 2.24) is 5.32 Å². The van der Waals surface area contributed by atoms with Gasteiger partial charge in [0, 0.05) is 12.1 Å². The van der Waals surface area contributed by atoms with E-state index >= 15 is 0 Å². The zero-order chi connectivity index (χ0) is 12.8. The SMILES string of the molecule is CCNC(=O)c1cccc(C(C)CC(=O)O)c1. The van der Waals surface area contributed by atoms with Gasteiger partial charge < -0.3 is 10.4 Å². The lowest BCUT2D eigenvalue weighted by Crippen LogP contribution is -2.22. The van der Waals surface area contributed by atoms with Gasteiger partial charge in [-0.1, -0.05) is 19.1 Å². The van der Waals surface area contributed by atoms with Crippen molar-refractivity contribution in [3.8, 4) is 0 Å². The van der Waals surface area contributed by atoms with E-state index in [1.165, 1.54) is 0 Å². The Hall–Kier alpha value is -1.84. The van der Waals surface area contributed by atoms with Gasteiger partial charge in [0.2, 0.25) is 0 Å². The highest BCUT2D eigenvalue weighted by atomic mass is 16.4. The van der Waals surface area contributed by atoms with Gasteiger partial charge in [0.1, 0.15) is 0 Å². The van der Waals surface area contributed by atoms with Crippen molar-refractivity contribution < 1.29 is 14.7 Å². The van der Waals surface area contributed by atoms with Crippen LogP contribution in [0.25, 0.3) is 0 Å². The maximum atomic E-state index is 11.6. The van der Waals surface area contributed by atoms with Crippen LogP contribution < -0.4 is 5.32 Å². The molecule has 0 aliphatic rings. The van der Waals surface area contributed by atoms with Crippen LogP contribution in [0, 0.1) is 0 Å². The molecule has 0 saturated heterocycles. The van der Waals surface area contributed by atoms with Gasteiger partial charge >= 0.3 is 5.97 Å². The minimum atomic E-state index is -0.832. The van der Waals surface area contributed by atoms with Crippen LogP contribution in [0.1, 0.15) is 42.1 Å². The molecule has 0 bridgehead atoms. The molecule has 1 atom stereocenters. The van der Waals surface area contributed by atoms with Crippen LogP contribution in [0.15, 0.2) is 24.3 Å². The Bertz CT molecular complexity index is 415. The third-order valence-electron chi connectivity index (χ3n) is 2.54. The number of rotatable bonds is 5. The number of nitrogens with one attached hydrogen (secondary N) is 1. The molecular weight excluding hydrogens is 218 g/mol. The number of amides is 1. The quantitative estimate of drug-likeness (QED) is 0.820. The van der Waals surface area contributed by atoms with Crippen LogP contribution in [0.4, 0.5) is 0 Å². The van der Waals surface area contributed by atoms with E-state index in [1.54, 1.807) is 18.2 Å². The second-order valence-electron chi connectivity index (χ2n) is 3.98. The minimum Gasteiger partial charge on any atom is -0.481 e. The van der Waals surface area contributed by atoms with Crippen molar-refractivity contribution in [3.05, 3.63) is 35.4 Å². The van der Waals surface area contributed by atoms with Gasteiger partial charge in [-0.25, -0.2) is 0 Å². The number of aliphatic carboxylic acids is 1. The number of carboxylic acids is 1. The van der Waals surface area contributed by atoms with Crippen molar-refractivity contribution >= 4 is 11.9 Å². The highest BCUT2D eigenvalue weighted by Gasteiger charge is 2.12. The molecule has 0 aromatic heterocycles. The van der Waals surface area contributed by atoms with Crippen LogP contribution in [-0.2, 0) is 4.79 Å². The molecular formula is C13H17NO3. The zero-order valence-corrected chi connectivity index (χ0v) is 10.1. The van der Waals surface area contributed by atoms with E-state index in [2.05, 4.69) is 5.32 Å². The largest absolute Gasteiger partial charge is 0.481 e. The topological polar surface area (TPSA) is 66.4 Å². The van der Waals surface area contributed by atoms with Gasteiger partial charge in [0.05, 0.1) is 6.42 Å². The van der Waals surface area contributed by atoms with E-state index in [9.17, 15) is 9.59 Å². The van der Waals surface area contributed by atoms with Crippen molar-refractivity contribution in [2.75, 3.05) is 6.54 Å². The maximum absolute atomic E-state index is 11.6. The molecule has 0 saturated carbocycles. The van der Waals surface area contributed by atoms with E-state index < -0.39 is 5.97 Å². The van der Waals surface area contributed by atoms with Crippen LogP contribution in [-0.4, -0.2) is 23.5 Å². The highest BCUT2D eigenvalue weighted by Crippen LogP contribution is 2.19. The number of carbonyl (C=O) groups excluding carboxylic acids is 1. The van der Waals surface area contributed by atoms with Crippen LogP contribution >= 0.6 is 0 Å². The Morgan fingerprint density at radius 3 is 2.71 bits per heavy atom. The standard InChI is InChI=1S/C13H17NO3/c1-3-14-13(17)11-6-4-5-10(8-11)9(2)7-12(15)16/h4-6,8-9H,3,7H2,1-2H3,(H,14,17)(H,15,16). The number of carboxylic acid groups (broad SMARTS) is 1. The summed E-state index contributed by atoms with van der Waals surface area (Å²) in [4.78, 5) is 22.2. The number of carbonyl (C=O) groups is 2. The predicted octanol–water partition coefficient (Wildman–Crippen LogP) is 2.01. The summed E-state index contributed by atoms with van der Waals surface area (Å²) in [5, 5.41) is 11.4. The molecule has 0 radical (unpaired) electrons. The Kier molecular flexibility index (Phi) is 4.69. The summed E-state index contributed by atoms with van der Waals surface area (Å²) in [6.45, 7) is 4.27. The summed E-state index contributed by atoms with van der Waals surface area (Å²) in [5.74, 6) is -1.06. The molecule has 2 N–H and O–H groups in total. The lowest BCUT2D eigenvalue weighted by molar-refractivity contribution is -0.137. The van der Waals surface area contributed by atoms with Crippen molar-refractivity contribution in [2.45, 2.75) is 26.2 Å². The van der Waals surface area contributed by atoms with Crippen LogP contribution in [0.3, 0.4) is 0 Å². The molecule has 1 aromatic carbocycles. The first kappa shape index (κ1) is 13.2. The fraction of sp³-hybridized carbons (Fsp3) is 0.385. The molecule has 0 heterocycles. The molecule has 17 heavy (non-hydrogen) atoms. The first-order valence-electron chi connectivity index (χ1n) is 5.64. The van der Waals surface area contributed by atoms with E-state index in [1.807, 2.05) is 19.9 Å². The van der Waals surface area contributed by atoms with Crippen LogP contribution in [0.5, 0.6) is 0 Å². The lowest BCUT2D eigenvalue weighted by atomic mass is 9.96. The van der Waals surface area contributed by atoms with E-state index in [4.69, 9.17) is 5.11 Å². The number of hydrogen-bond donors (Lipinski definition) is 2. The van der Waals surface area contributed by atoms with Gasteiger partial charge in [-0.3, -0.25) is 9.59 Å². The smallest absolute Gasteiger partial charge is 0.303 e. The molecule has 92 valence electrons. The Labute approximate surface area is 101 Å². The number of hydrogen-bond acceptors (Lipinski definition) is 2. The van der Waals surface area contributed by atoms with Gasteiger partial charge in [0.25, 0.3) is 5.91 Å². The third kappa shape index (κ3) is 3.90. The number of benzene rings is 1. The van der Waals surface area contributed by atoms with Gasteiger partial charge in [0.15, 0.2) is 0 Å². The molecule has 1 rings (SSSR count). The summed E-state index contributed by atoms with van der Waals surface area (Å²) in [7, 11) is 0. The minimum absolute atomic E-state index is 0.0683. The summed E-state index contributed by atoms with van der Waals surface area (Å²) in [6, 6.07) is 7.09. The third-order valence-corrected chi connectivity index (χ3v) is 2.54. The van der Waals surface area contributed by atoms with E-state index in [-0.39, 0.29) is 18.2 Å². The molecule has 0 aliphatic heterocycles. The molecule has 0 aliphatic carbocycles. The fourth-order valence-corrected chi connectivity index (χ4v) is 1.63. The predicted molar refractivity (Wildman–Crippen MR) is 65.1 cm³/mol. The second kappa shape index (κ2) is 6.03. The summed E-state index contributed by atoms with van der Waals surface area (Å²) < 4.78 is 0. The Morgan fingerprint density at radius 1 is 1.41 bits per heavy atom. The molecule has 1 amide bonds. The molecule has 1 aromatic rings. The molecule has 4 heteroatoms. The van der Waals surface area contributed by atoms with Crippen molar-refractivity contribution in [1.29, 1.82) is 0 Å². The average molecular weight is 235 g/mol. The molecule has 4 nitrogen and oxygen atoms in total. The molecule has 0 fully saturated rings. The average Bonchev–Trinajstić information content (AvgIpc) is 2.28. The maximum Gasteiger partial charge on any atom is 0.303 e. The first-order chi connectivity index (χ1) is 8.04.